The van der Waals surface area contributed by atoms with Gasteiger partial charge in [-0.15, -0.1) is 0 Å². The number of ketones is 1. The molecule has 1 saturated heterocycles. The molecule has 1 aliphatic heterocycles. The summed E-state index contributed by atoms with van der Waals surface area (Å²) in [5.74, 6) is 6.25. The number of carbonyl (C=O) groups excluding carboxylic acids is 2. The Morgan fingerprint density at radius 3 is 2.20 bits per heavy atom. The number of nitrogens with two attached hydrogens (primary N) is 1. The zero-order chi connectivity index (χ0) is 21.3. The van der Waals surface area contributed by atoms with E-state index in [1.54, 1.807) is 4.90 Å². The lowest BCUT2D eigenvalue weighted by Gasteiger charge is -2.33. The number of benzene rings is 2. The summed E-state index contributed by atoms with van der Waals surface area (Å²) >= 11 is 0. The molecule has 2 aromatic rings. The van der Waals surface area contributed by atoms with Gasteiger partial charge in [-0.2, -0.15) is 0 Å². The highest BCUT2D eigenvalue weighted by molar-refractivity contribution is 5.89. The Kier molecular flexibility index (Phi) is 7.61. The summed E-state index contributed by atoms with van der Waals surface area (Å²) in [4.78, 5) is 25.7. The van der Waals surface area contributed by atoms with Crippen LogP contribution in [0.4, 0.5) is 4.79 Å². The van der Waals surface area contributed by atoms with E-state index in [9.17, 15) is 9.59 Å². The van der Waals surface area contributed by atoms with E-state index < -0.39 is 18.4 Å². The fourth-order valence-electron chi connectivity index (χ4n) is 3.54. The summed E-state index contributed by atoms with van der Waals surface area (Å²) in [6.45, 7) is 0.560. The number of urea groups is 1. The van der Waals surface area contributed by atoms with E-state index in [4.69, 9.17) is 10.8 Å². The molecular formula is C24H27N3O3. The molecule has 6 nitrogen and oxygen atoms in total. The predicted molar refractivity (Wildman–Crippen MR) is 116 cm³/mol. The summed E-state index contributed by atoms with van der Waals surface area (Å²) in [5, 5.41) is 11.6. The summed E-state index contributed by atoms with van der Waals surface area (Å²) in [6.07, 6.45) is 1.70. The molecule has 0 unspecified atom stereocenters. The van der Waals surface area contributed by atoms with Gasteiger partial charge >= 0.3 is 6.03 Å². The van der Waals surface area contributed by atoms with E-state index in [0.717, 1.165) is 24.0 Å². The lowest BCUT2D eigenvalue weighted by molar-refractivity contribution is -0.123. The van der Waals surface area contributed by atoms with E-state index in [0.29, 0.717) is 19.0 Å². The third-order valence-electron chi connectivity index (χ3n) is 5.37. The molecular weight excluding hydrogens is 378 g/mol. The topological polar surface area (TPSA) is 95.7 Å². The van der Waals surface area contributed by atoms with Gasteiger partial charge in [0.2, 0.25) is 0 Å². The zero-order valence-corrected chi connectivity index (χ0v) is 16.9. The molecule has 3 rings (SSSR count). The summed E-state index contributed by atoms with van der Waals surface area (Å²) < 4.78 is 0. The first kappa shape index (κ1) is 21.6. The number of carbonyl (C=O) groups is 2. The molecule has 6 heteroatoms. The molecule has 1 fully saturated rings. The minimum Gasteiger partial charge on any atom is -0.388 e. The maximum absolute atomic E-state index is 12.4. The van der Waals surface area contributed by atoms with E-state index in [2.05, 4.69) is 29.3 Å². The minimum absolute atomic E-state index is 0.0267. The van der Waals surface area contributed by atoms with Crippen LogP contribution < -0.4 is 11.1 Å². The number of nitrogens with one attached hydrogen (secondary N) is 1. The Morgan fingerprint density at radius 2 is 1.63 bits per heavy atom. The fourth-order valence-corrected chi connectivity index (χ4v) is 3.54. The van der Waals surface area contributed by atoms with E-state index >= 15 is 0 Å². The summed E-state index contributed by atoms with van der Waals surface area (Å²) in [7, 11) is 0. The second kappa shape index (κ2) is 10.6. The van der Waals surface area contributed by atoms with Crippen LogP contribution in [0.15, 0.2) is 54.6 Å². The number of rotatable bonds is 5. The van der Waals surface area contributed by atoms with E-state index in [-0.39, 0.29) is 12.6 Å². The number of piperidine rings is 1. The smallest absolute Gasteiger partial charge is 0.318 e. The zero-order valence-electron chi connectivity index (χ0n) is 16.9. The van der Waals surface area contributed by atoms with Crippen molar-refractivity contribution in [3.05, 3.63) is 71.3 Å². The fraction of sp³-hybridized carbons (Fsp3) is 0.333. The van der Waals surface area contributed by atoms with Gasteiger partial charge < -0.3 is 21.1 Å². The Balaban J connectivity index is 1.53. The third kappa shape index (κ3) is 5.69. The van der Waals surface area contributed by atoms with Crippen molar-refractivity contribution in [3.8, 4) is 11.8 Å². The predicted octanol–water partition coefficient (Wildman–Crippen LogP) is 1.86. The molecule has 1 aliphatic rings. The van der Waals surface area contributed by atoms with Crippen LogP contribution in [-0.4, -0.2) is 54.1 Å². The van der Waals surface area contributed by atoms with Crippen LogP contribution in [-0.2, 0) is 4.79 Å². The number of hydrogen-bond donors (Lipinski definition) is 3. The van der Waals surface area contributed by atoms with Gasteiger partial charge in [-0.1, -0.05) is 42.2 Å². The van der Waals surface area contributed by atoms with Crippen molar-refractivity contribution in [3.63, 3.8) is 0 Å². The average molecular weight is 405 g/mol. The second-order valence-electron chi connectivity index (χ2n) is 7.36. The van der Waals surface area contributed by atoms with Crippen LogP contribution in [0.5, 0.6) is 0 Å². The Bertz CT molecular complexity index is 908. The maximum atomic E-state index is 12.4. The third-order valence-corrected chi connectivity index (χ3v) is 5.37. The van der Waals surface area contributed by atoms with Gasteiger partial charge in [0.25, 0.3) is 0 Å². The molecule has 156 valence electrons. The van der Waals surface area contributed by atoms with Crippen LogP contribution in [0, 0.1) is 11.8 Å². The Morgan fingerprint density at radius 1 is 1.03 bits per heavy atom. The van der Waals surface area contributed by atoms with Crippen LogP contribution in [0.25, 0.3) is 0 Å². The van der Waals surface area contributed by atoms with Crippen molar-refractivity contribution in [2.45, 2.75) is 24.8 Å². The molecule has 0 bridgehead atoms. The van der Waals surface area contributed by atoms with Crippen LogP contribution in [0.3, 0.4) is 0 Å². The minimum atomic E-state index is -0.843. The summed E-state index contributed by atoms with van der Waals surface area (Å²) in [6, 6.07) is 17.0. The lowest BCUT2D eigenvalue weighted by atomic mass is 9.89. The molecule has 4 N–H and O–H groups in total. The number of aliphatic hydroxyl groups excluding tert-OH is 1. The van der Waals surface area contributed by atoms with Crippen molar-refractivity contribution >= 4 is 11.8 Å². The van der Waals surface area contributed by atoms with Gasteiger partial charge in [0.1, 0.15) is 12.6 Å². The first-order valence-corrected chi connectivity index (χ1v) is 10.2. The average Bonchev–Trinajstić information content (AvgIpc) is 2.81. The number of nitrogens with zero attached hydrogens (tertiary/aromatic N) is 1. The van der Waals surface area contributed by atoms with Crippen molar-refractivity contribution in [1.82, 2.24) is 10.2 Å². The van der Waals surface area contributed by atoms with Gasteiger partial charge in [-0.05, 0) is 48.6 Å². The monoisotopic (exact) mass is 405 g/mol. The molecule has 0 radical (unpaired) electrons. The lowest BCUT2D eigenvalue weighted by Crippen LogP contribution is -2.53. The van der Waals surface area contributed by atoms with Crippen molar-refractivity contribution in [1.29, 1.82) is 0 Å². The first-order chi connectivity index (χ1) is 14.6. The first-order valence-electron chi connectivity index (χ1n) is 10.2. The molecule has 0 aliphatic carbocycles. The maximum Gasteiger partial charge on any atom is 0.318 e. The van der Waals surface area contributed by atoms with Crippen LogP contribution in [0.2, 0.25) is 0 Å². The molecule has 0 saturated carbocycles. The quantitative estimate of drug-likeness (QED) is 0.662. The summed E-state index contributed by atoms with van der Waals surface area (Å²) in [5.41, 5.74) is 8.73. The van der Waals surface area contributed by atoms with Crippen LogP contribution in [0.1, 0.15) is 35.4 Å². The van der Waals surface area contributed by atoms with Crippen molar-refractivity contribution < 1.29 is 14.7 Å². The molecule has 1 heterocycles. The largest absolute Gasteiger partial charge is 0.388 e. The number of Topliss-reactive ketones (excluding diaryl/α,β-unsaturated/α-hetero) is 1. The standard InChI is InChI=1S/C24H27N3O3/c25-16-22(23(29)17-28)26-24(30)27-14-12-21(13-15-27)20-10-8-19(9-11-20)7-6-18-4-2-1-3-5-18/h1-5,8-11,21-22,28H,12-17,25H2,(H,26,30)/t22-/m1/s1. The molecule has 0 aromatic heterocycles. The van der Waals surface area contributed by atoms with Crippen LogP contribution >= 0.6 is 0 Å². The SMILES string of the molecule is NC[C@@H](NC(=O)N1CCC(c2ccc(C#Cc3ccccc3)cc2)CC1)C(=O)CO. The van der Waals surface area contributed by atoms with Crippen molar-refractivity contribution in [2.75, 3.05) is 26.2 Å². The highest BCUT2D eigenvalue weighted by atomic mass is 16.3. The molecule has 2 amide bonds. The number of aliphatic hydroxyl groups is 1. The molecule has 30 heavy (non-hydrogen) atoms. The normalized spacial score (nSPS) is 15.1. The van der Waals surface area contributed by atoms with Gasteiger partial charge in [-0.25, -0.2) is 4.79 Å². The Labute approximate surface area is 177 Å². The van der Waals surface area contributed by atoms with Gasteiger partial charge in [0.15, 0.2) is 5.78 Å². The van der Waals surface area contributed by atoms with Gasteiger partial charge in [-0.3, -0.25) is 4.79 Å². The molecule has 0 spiro atoms. The second-order valence-corrected chi connectivity index (χ2v) is 7.36. The van der Waals surface area contributed by atoms with Crippen molar-refractivity contribution in [2.24, 2.45) is 5.73 Å². The number of likely N-dealkylation sites (tertiary alicyclic amines) is 1. The van der Waals surface area contributed by atoms with E-state index in [1.165, 1.54) is 5.56 Å². The number of amides is 2. The van der Waals surface area contributed by atoms with Gasteiger partial charge in [0.05, 0.1) is 0 Å². The van der Waals surface area contributed by atoms with E-state index in [1.807, 2.05) is 42.5 Å². The molecule has 1 atom stereocenters. The highest BCUT2D eigenvalue weighted by Gasteiger charge is 2.26. The van der Waals surface area contributed by atoms with Gasteiger partial charge in [0, 0.05) is 30.8 Å². The highest BCUT2D eigenvalue weighted by Crippen LogP contribution is 2.28. The number of hydrogen-bond acceptors (Lipinski definition) is 4. The Hall–Kier alpha value is -3.14. The molecule has 2 aromatic carbocycles.